The molecule has 0 radical (unpaired) electrons. The Labute approximate surface area is 128 Å². The van der Waals surface area contributed by atoms with E-state index in [1.165, 1.54) is 4.88 Å². The number of rotatable bonds is 8. The maximum absolute atomic E-state index is 9.82. The molecule has 0 aliphatic carbocycles. The molecule has 1 heterocycles. The molecular weight excluding hydrogens is 294 g/mol. The van der Waals surface area contributed by atoms with Gasteiger partial charge < -0.3 is 15.2 Å². The molecule has 2 rings (SSSR count). The van der Waals surface area contributed by atoms with Gasteiger partial charge in [0.1, 0.15) is 18.5 Å². The van der Waals surface area contributed by atoms with Crippen LogP contribution in [0, 0.1) is 0 Å². The summed E-state index contributed by atoms with van der Waals surface area (Å²) in [6.07, 6.45) is 0.455. The van der Waals surface area contributed by atoms with Gasteiger partial charge in [0.25, 0.3) is 0 Å². The van der Waals surface area contributed by atoms with Crippen molar-refractivity contribution in [2.75, 3.05) is 19.7 Å². The van der Waals surface area contributed by atoms with Gasteiger partial charge in [-0.25, -0.2) is 0 Å². The minimum Gasteiger partial charge on any atom is -0.491 e. The Kier molecular flexibility index (Phi) is 6.33. The lowest BCUT2D eigenvalue weighted by Gasteiger charge is -2.13. The molecule has 0 aliphatic rings. The molecule has 5 heteroatoms. The summed E-state index contributed by atoms with van der Waals surface area (Å²) >= 11 is 7.61. The summed E-state index contributed by atoms with van der Waals surface area (Å²) in [5.74, 6) is 0.676. The monoisotopic (exact) mass is 311 g/mol. The Morgan fingerprint density at radius 1 is 1.30 bits per heavy atom. The van der Waals surface area contributed by atoms with Crippen LogP contribution in [0.5, 0.6) is 5.75 Å². The molecule has 0 saturated heterocycles. The van der Waals surface area contributed by atoms with Crippen molar-refractivity contribution >= 4 is 22.9 Å². The molecule has 0 aliphatic heterocycles. The van der Waals surface area contributed by atoms with Gasteiger partial charge in [0.05, 0.1) is 0 Å². The topological polar surface area (TPSA) is 41.5 Å². The summed E-state index contributed by atoms with van der Waals surface area (Å²) in [6, 6.07) is 11.3. The van der Waals surface area contributed by atoms with E-state index in [1.54, 1.807) is 23.5 Å². The average molecular weight is 312 g/mol. The number of nitrogens with one attached hydrogen (secondary N) is 1. The van der Waals surface area contributed by atoms with Gasteiger partial charge in [-0.15, -0.1) is 11.3 Å². The highest BCUT2D eigenvalue weighted by Crippen LogP contribution is 2.17. The molecule has 2 N–H and O–H groups in total. The van der Waals surface area contributed by atoms with Gasteiger partial charge in [-0.3, -0.25) is 0 Å². The minimum atomic E-state index is -0.530. The van der Waals surface area contributed by atoms with Crippen LogP contribution in [0.4, 0.5) is 0 Å². The summed E-state index contributed by atoms with van der Waals surface area (Å²) in [7, 11) is 0. The summed E-state index contributed by atoms with van der Waals surface area (Å²) < 4.78 is 5.48. The van der Waals surface area contributed by atoms with Crippen molar-refractivity contribution in [3.05, 3.63) is 51.7 Å². The third-order valence-electron chi connectivity index (χ3n) is 2.75. The molecule has 0 bridgehead atoms. The lowest BCUT2D eigenvalue weighted by atomic mass is 10.3. The van der Waals surface area contributed by atoms with Crippen molar-refractivity contribution in [3.63, 3.8) is 0 Å². The molecule has 1 atom stereocenters. The van der Waals surface area contributed by atoms with Crippen molar-refractivity contribution in [2.24, 2.45) is 0 Å². The lowest BCUT2D eigenvalue weighted by Crippen LogP contribution is -2.32. The summed E-state index contributed by atoms with van der Waals surface area (Å²) in [4.78, 5) is 1.35. The van der Waals surface area contributed by atoms with E-state index in [0.29, 0.717) is 17.3 Å². The molecular formula is C15H18ClNO2S. The van der Waals surface area contributed by atoms with Crippen LogP contribution >= 0.6 is 22.9 Å². The fourth-order valence-corrected chi connectivity index (χ4v) is 2.63. The number of hydrogen-bond donors (Lipinski definition) is 2. The standard InChI is InChI=1S/C15H18ClNO2S/c16-12-3-1-4-14(9-12)19-11-13(18)10-17-7-6-15-5-2-8-20-15/h1-5,8-9,13,17-18H,6-7,10-11H2. The molecule has 0 saturated carbocycles. The van der Waals surface area contributed by atoms with Crippen LogP contribution < -0.4 is 10.1 Å². The normalized spacial score (nSPS) is 12.3. The predicted octanol–water partition coefficient (Wildman–Crippen LogP) is 2.97. The molecule has 0 fully saturated rings. The van der Waals surface area contributed by atoms with Crippen molar-refractivity contribution in [1.82, 2.24) is 5.32 Å². The highest BCUT2D eigenvalue weighted by atomic mass is 35.5. The minimum absolute atomic E-state index is 0.256. The molecule has 1 aromatic carbocycles. The van der Waals surface area contributed by atoms with E-state index in [2.05, 4.69) is 16.8 Å². The summed E-state index contributed by atoms with van der Waals surface area (Å²) in [5.41, 5.74) is 0. The van der Waals surface area contributed by atoms with E-state index >= 15 is 0 Å². The maximum Gasteiger partial charge on any atom is 0.120 e. The van der Waals surface area contributed by atoms with Crippen molar-refractivity contribution in [1.29, 1.82) is 0 Å². The first-order chi connectivity index (χ1) is 9.74. The first-order valence-corrected chi connectivity index (χ1v) is 7.79. The van der Waals surface area contributed by atoms with Gasteiger partial charge in [-0.2, -0.15) is 0 Å². The maximum atomic E-state index is 9.82. The molecule has 1 aromatic heterocycles. The lowest BCUT2D eigenvalue weighted by molar-refractivity contribution is 0.106. The molecule has 20 heavy (non-hydrogen) atoms. The van der Waals surface area contributed by atoms with Gasteiger partial charge in [0.2, 0.25) is 0 Å². The van der Waals surface area contributed by atoms with E-state index in [9.17, 15) is 5.11 Å². The third-order valence-corrected chi connectivity index (χ3v) is 3.92. The number of aliphatic hydroxyl groups excluding tert-OH is 1. The van der Waals surface area contributed by atoms with E-state index < -0.39 is 6.10 Å². The van der Waals surface area contributed by atoms with Gasteiger partial charge in [0.15, 0.2) is 0 Å². The van der Waals surface area contributed by atoms with Crippen LogP contribution in [-0.2, 0) is 6.42 Å². The average Bonchev–Trinajstić information content (AvgIpc) is 2.95. The number of aliphatic hydroxyl groups is 1. The molecule has 2 aromatic rings. The van der Waals surface area contributed by atoms with Gasteiger partial charge in [0, 0.05) is 23.0 Å². The Morgan fingerprint density at radius 2 is 2.20 bits per heavy atom. The molecule has 3 nitrogen and oxygen atoms in total. The smallest absolute Gasteiger partial charge is 0.120 e. The highest BCUT2D eigenvalue weighted by Gasteiger charge is 2.05. The molecule has 1 unspecified atom stereocenters. The summed E-state index contributed by atoms with van der Waals surface area (Å²) in [6.45, 7) is 1.63. The quantitative estimate of drug-likeness (QED) is 0.737. The van der Waals surface area contributed by atoms with Gasteiger partial charge in [-0.05, 0) is 36.1 Å². The number of halogens is 1. The van der Waals surface area contributed by atoms with Crippen LogP contribution in [-0.4, -0.2) is 30.9 Å². The zero-order valence-electron chi connectivity index (χ0n) is 11.1. The Morgan fingerprint density at radius 3 is 2.95 bits per heavy atom. The number of benzene rings is 1. The SMILES string of the molecule is OC(CNCCc1cccs1)COc1cccc(Cl)c1. The molecule has 0 amide bonds. The largest absolute Gasteiger partial charge is 0.491 e. The van der Waals surface area contributed by atoms with E-state index in [-0.39, 0.29) is 6.61 Å². The first kappa shape index (κ1) is 15.3. The van der Waals surface area contributed by atoms with Crippen LogP contribution in [0.1, 0.15) is 4.88 Å². The van der Waals surface area contributed by atoms with Crippen LogP contribution in [0.25, 0.3) is 0 Å². The first-order valence-electron chi connectivity index (χ1n) is 6.53. The van der Waals surface area contributed by atoms with E-state index in [1.807, 2.05) is 18.2 Å². The fraction of sp³-hybridized carbons (Fsp3) is 0.333. The summed E-state index contributed by atoms with van der Waals surface area (Å²) in [5, 5.41) is 15.7. The van der Waals surface area contributed by atoms with E-state index in [0.717, 1.165) is 13.0 Å². The van der Waals surface area contributed by atoms with Crippen molar-refractivity contribution < 1.29 is 9.84 Å². The van der Waals surface area contributed by atoms with Crippen LogP contribution in [0.2, 0.25) is 5.02 Å². The highest BCUT2D eigenvalue weighted by molar-refractivity contribution is 7.09. The Hall–Kier alpha value is -1.07. The van der Waals surface area contributed by atoms with Crippen LogP contribution in [0.3, 0.4) is 0 Å². The van der Waals surface area contributed by atoms with E-state index in [4.69, 9.17) is 16.3 Å². The Bertz CT molecular complexity index is 504. The van der Waals surface area contributed by atoms with Crippen LogP contribution in [0.15, 0.2) is 41.8 Å². The second-order valence-electron chi connectivity index (χ2n) is 4.46. The fourth-order valence-electron chi connectivity index (χ4n) is 1.74. The number of ether oxygens (including phenoxy) is 1. The Balaban J connectivity index is 1.59. The third kappa shape index (κ3) is 5.51. The van der Waals surface area contributed by atoms with Crippen molar-refractivity contribution in [2.45, 2.75) is 12.5 Å². The van der Waals surface area contributed by atoms with Gasteiger partial charge >= 0.3 is 0 Å². The zero-order chi connectivity index (χ0) is 14.2. The number of hydrogen-bond acceptors (Lipinski definition) is 4. The second-order valence-corrected chi connectivity index (χ2v) is 5.92. The predicted molar refractivity (Wildman–Crippen MR) is 83.8 cm³/mol. The number of thiophene rings is 1. The molecule has 108 valence electrons. The molecule has 0 spiro atoms. The van der Waals surface area contributed by atoms with Crippen molar-refractivity contribution in [3.8, 4) is 5.75 Å². The van der Waals surface area contributed by atoms with Gasteiger partial charge in [-0.1, -0.05) is 23.7 Å². The zero-order valence-corrected chi connectivity index (χ0v) is 12.7. The second kappa shape index (κ2) is 8.27.